The quantitative estimate of drug-likeness (QED) is 0.497. The van der Waals surface area contributed by atoms with Crippen molar-refractivity contribution in [1.29, 1.82) is 0 Å². The van der Waals surface area contributed by atoms with E-state index >= 15 is 0 Å². The maximum atomic E-state index is 13.6. The van der Waals surface area contributed by atoms with Crippen LogP contribution in [0.4, 0.5) is 4.79 Å². The third-order valence-electron chi connectivity index (χ3n) is 6.40. The second kappa shape index (κ2) is 11.6. The number of ether oxygens (including phenoxy) is 2. The van der Waals surface area contributed by atoms with Crippen LogP contribution in [0.5, 0.6) is 5.75 Å². The van der Waals surface area contributed by atoms with Crippen LogP contribution in [0.1, 0.15) is 23.0 Å². The van der Waals surface area contributed by atoms with E-state index < -0.39 is 5.97 Å². The molecule has 1 aliphatic rings. The molecule has 0 saturated carbocycles. The van der Waals surface area contributed by atoms with Crippen LogP contribution in [0, 0.1) is 6.92 Å². The van der Waals surface area contributed by atoms with Gasteiger partial charge >= 0.3 is 12.0 Å². The third-order valence-corrected chi connectivity index (χ3v) is 6.40. The Kier molecular flexibility index (Phi) is 8.12. The van der Waals surface area contributed by atoms with Gasteiger partial charge in [-0.2, -0.15) is 0 Å². The monoisotopic (exact) mass is 504 g/mol. The van der Waals surface area contributed by atoms with E-state index in [-0.39, 0.29) is 25.1 Å². The van der Waals surface area contributed by atoms with Crippen LogP contribution < -0.4 is 10.1 Å². The molecule has 0 aliphatic carbocycles. The number of esters is 1. The molecule has 0 atom stereocenters. The molecule has 0 unspecified atom stereocenters. The van der Waals surface area contributed by atoms with E-state index in [1.807, 2.05) is 67.6 Å². The normalized spacial score (nSPS) is 13.3. The van der Waals surface area contributed by atoms with E-state index in [0.717, 1.165) is 28.4 Å². The summed E-state index contributed by atoms with van der Waals surface area (Å²) in [5, 5.41) is 2.57. The van der Waals surface area contributed by atoms with Crippen LogP contribution in [-0.2, 0) is 9.53 Å². The molecule has 4 rings (SSSR count). The van der Waals surface area contributed by atoms with Gasteiger partial charge in [0.25, 0.3) is 5.91 Å². The second-order valence-electron chi connectivity index (χ2n) is 8.67. The van der Waals surface area contributed by atoms with E-state index in [4.69, 9.17) is 9.47 Å². The predicted octanol–water partition coefficient (Wildman–Crippen LogP) is 3.49. The number of rotatable bonds is 7. The number of aromatic nitrogens is 1. The highest BCUT2D eigenvalue weighted by Crippen LogP contribution is 2.31. The number of hydrogen-bond donors (Lipinski definition) is 1. The van der Waals surface area contributed by atoms with E-state index in [1.54, 1.807) is 23.8 Å². The lowest BCUT2D eigenvalue weighted by atomic mass is 10.1. The summed E-state index contributed by atoms with van der Waals surface area (Å²) >= 11 is 0. The fraction of sp³-hybridized carbons (Fsp3) is 0.321. The Morgan fingerprint density at radius 1 is 0.919 bits per heavy atom. The zero-order chi connectivity index (χ0) is 26.4. The van der Waals surface area contributed by atoms with E-state index in [0.29, 0.717) is 31.7 Å². The maximum absolute atomic E-state index is 13.6. The molecule has 9 heteroatoms. The van der Waals surface area contributed by atoms with Crippen LogP contribution in [0.2, 0.25) is 0 Å². The number of hydrogen-bond acceptors (Lipinski definition) is 5. The van der Waals surface area contributed by atoms with E-state index in [2.05, 4.69) is 9.88 Å². The lowest BCUT2D eigenvalue weighted by Gasteiger charge is -2.34. The Bertz CT molecular complexity index is 1260. The summed E-state index contributed by atoms with van der Waals surface area (Å²) in [6.45, 7) is 5.30. The first kappa shape index (κ1) is 25.8. The Hall–Kier alpha value is -4.27. The van der Waals surface area contributed by atoms with Gasteiger partial charge in [-0.1, -0.05) is 36.4 Å². The van der Waals surface area contributed by atoms with Crippen molar-refractivity contribution in [1.82, 2.24) is 19.7 Å². The van der Waals surface area contributed by atoms with Crippen LogP contribution in [0.3, 0.4) is 0 Å². The molecule has 0 radical (unpaired) electrons. The maximum Gasteiger partial charge on any atom is 0.325 e. The molecular weight excluding hydrogens is 472 g/mol. The van der Waals surface area contributed by atoms with Gasteiger partial charge < -0.3 is 29.2 Å². The molecule has 1 N–H and O–H groups in total. The van der Waals surface area contributed by atoms with Crippen molar-refractivity contribution in [3.8, 4) is 22.7 Å². The Morgan fingerprint density at radius 2 is 1.62 bits per heavy atom. The number of benzene rings is 2. The molecule has 9 nitrogen and oxygen atoms in total. The lowest BCUT2D eigenvalue weighted by molar-refractivity contribution is -0.141. The first-order valence-corrected chi connectivity index (χ1v) is 12.3. The van der Waals surface area contributed by atoms with E-state index in [9.17, 15) is 14.4 Å². The summed E-state index contributed by atoms with van der Waals surface area (Å²) < 4.78 is 12.3. The summed E-state index contributed by atoms with van der Waals surface area (Å²) in [5.74, 6) is 0.174. The molecular formula is C28H32N4O5. The summed E-state index contributed by atoms with van der Waals surface area (Å²) in [7, 11) is 1.63. The number of methoxy groups -OCH3 is 1. The minimum Gasteiger partial charge on any atom is -0.497 e. The highest BCUT2D eigenvalue weighted by atomic mass is 16.5. The van der Waals surface area contributed by atoms with E-state index in [1.165, 1.54) is 0 Å². The van der Waals surface area contributed by atoms with Crippen molar-refractivity contribution in [2.75, 3.05) is 46.4 Å². The lowest BCUT2D eigenvalue weighted by Crippen LogP contribution is -2.53. The van der Waals surface area contributed by atoms with Gasteiger partial charge in [-0.3, -0.25) is 9.59 Å². The summed E-state index contributed by atoms with van der Waals surface area (Å²) in [5.41, 5.74) is 4.24. The zero-order valence-corrected chi connectivity index (χ0v) is 21.4. The second-order valence-corrected chi connectivity index (χ2v) is 8.67. The number of nitrogens with one attached hydrogen (secondary N) is 1. The minimum absolute atomic E-state index is 0.0806. The highest BCUT2D eigenvalue weighted by molar-refractivity contribution is 5.97. The predicted molar refractivity (Wildman–Crippen MR) is 140 cm³/mol. The number of piperazine rings is 1. The molecule has 0 bridgehead atoms. The molecule has 0 spiro atoms. The number of carbonyl (C=O) groups is 3. The summed E-state index contributed by atoms with van der Waals surface area (Å²) in [4.78, 5) is 40.9. The molecule has 1 aliphatic heterocycles. The fourth-order valence-electron chi connectivity index (χ4n) is 4.48. The van der Waals surface area contributed by atoms with Crippen molar-refractivity contribution in [3.05, 3.63) is 71.9 Å². The van der Waals surface area contributed by atoms with Gasteiger partial charge in [0.1, 0.15) is 12.3 Å². The largest absolute Gasteiger partial charge is 0.497 e. The zero-order valence-electron chi connectivity index (χ0n) is 21.4. The number of carbonyl (C=O) groups excluding carboxylic acids is 3. The number of nitrogens with zero attached hydrogens (tertiary/aromatic N) is 3. The molecule has 1 saturated heterocycles. The third kappa shape index (κ3) is 5.77. The molecule has 2 heterocycles. The highest BCUT2D eigenvalue weighted by Gasteiger charge is 2.28. The van der Waals surface area contributed by atoms with Gasteiger partial charge in [-0.25, -0.2) is 4.79 Å². The molecule has 3 aromatic rings. The van der Waals surface area contributed by atoms with Gasteiger partial charge in [0.05, 0.1) is 25.0 Å². The Labute approximate surface area is 216 Å². The molecule has 2 aromatic carbocycles. The molecule has 37 heavy (non-hydrogen) atoms. The molecule has 1 aromatic heterocycles. The number of amides is 3. The average molecular weight is 505 g/mol. The smallest absolute Gasteiger partial charge is 0.325 e. The van der Waals surface area contributed by atoms with Crippen LogP contribution >= 0.6 is 0 Å². The SMILES string of the molecule is CCOC(=O)CNC(=O)N1CCN(C(=O)c2cc(-c3ccccc3)n(-c3cccc(OC)c3)c2C)CC1. The Balaban J connectivity index is 1.54. The van der Waals surface area contributed by atoms with Crippen LogP contribution in [0.15, 0.2) is 60.7 Å². The average Bonchev–Trinajstić information content (AvgIpc) is 3.29. The first-order valence-electron chi connectivity index (χ1n) is 12.3. The van der Waals surface area contributed by atoms with Crippen molar-refractivity contribution < 1.29 is 23.9 Å². The van der Waals surface area contributed by atoms with Crippen molar-refractivity contribution in [3.63, 3.8) is 0 Å². The van der Waals surface area contributed by atoms with Gasteiger partial charge in [0.15, 0.2) is 0 Å². The van der Waals surface area contributed by atoms with Crippen molar-refractivity contribution >= 4 is 17.9 Å². The first-order chi connectivity index (χ1) is 17.9. The number of urea groups is 1. The van der Waals surface area contributed by atoms with Gasteiger partial charge in [-0.05, 0) is 37.6 Å². The molecule has 1 fully saturated rings. The van der Waals surface area contributed by atoms with Gasteiger partial charge in [-0.15, -0.1) is 0 Å². The Morgan fingerprint density at radius 3 is 2.30 bits per heavy atom. The van der Waals surface area contributed by atoms with Gasteiger partial charge in [0.2, 0.25) is 0 Å². The van der Waals surface area contributed by atoms with Crippen molar-refractivity contribution in [2.45, 2.75) is 13.8 Å². The standard InChI is InChI=1S/C28H32N4O5/c1-4-37-26(33)19-29-28(35)31-15-13-30(14-16-31)27(34)24-18-25(21-9-6-5-7-10-21)32(20(24)2)22-11-8-12-23(17-22)36-3/h5-12,17-18H,4,13-16,19H2,1-3H3,(H,29,35). The minimum atomic E-state index is -0.477. The topological polar surface area (TPSA) is 93.1 Å². The van der Waals surface area contributed by atoms with Gasteiger partial charge in [0, 0.05) is 43.6 Å². The molecule has 3 amide bonds. The summed E-state index contributed by atoms with van der Waals surface area (Å²) in [6, 6.07) is 19.3. The van der Waals surface area contributed by atoms with Crippen molar-refractivity contribution in [2.24, 2.45) is 0 Å². The summed E-state index contributed by atoms with van der Waals surface area (Å²) in [6.07, 6.45) is 0. The van der Waals surface area contributed by atoms with Crippen LogP contribution in [-0.4, -0.2) is 78.7 Å². The van der Waals surface area contributed by atoms with Crippen LogP contribution in [0.25, 0.3) is 16.9 Å². The molecule has 194 valence electrons. The fourth-order valence-corrected chi connectivity index (χ4v) is 4.48.